The van der Waals surface area contributed by atoms with Gasteiger partial charge in [-0.25, -0.2) is 0 Å². The minimum absolute atomic E-state index is 0.0989. The molecule has 23 heavy (non-hydrogen) atoms. The molecule has 0 unspecified atom stereocenters. The summed E-state index contributed by atoms with van der Waals surface area (Å²) in [5.41, 5.74) is 1.79. The number of ether oxygens (including phenoxy) is 1. The number of aromatic nitrogens is 1. The highest BCUT2D eigenvalue weighted by atomic mass is 16.5. The van der Waals surface area contributed by atoms with Crippen LogP contribution in [0.15, 0.2) is 35.1 Å². The Balaban J connectivity index is 2.22. The molecule has 0 fully saturated rings. The summed E-state index contributed by atoms with van der Waals surface area (Å²) in [5, 5.41) is 17.7. The third-order valence-electron chi connectivity index (χ3n) is 3.38. The van der Waals surface area contributed by atoms with E-state index >= 15 is 0 Å². The number of pyridine rings is 1. The zero-order chi connectivity index (χ0) is 16.7. The van der Waals surface area contributed by atoms with Gasteiger partial charge in [-0.05, 0) is 43.5 Å². The van der Waals surface area contributed by atoms with Crippen molar-refractivity contribution in [3.05, 3.63) is 51.9 Å². The highest BCUT2D eigenvalue weighted by Gasteiger charge is 2.10. The molecule has 0 bridgehead atoms. The number of aromatic amines is 1. The molecular formula is C18H17N3O2. The van der Waals surface area contributed by atoms with Crippen molar-refractivity contribution in [2.24, 2.45) is 0 Å². The van der Waals surface area contributed by atoms with Crippen LogP contribution >= 0.6 is 0 Å². The van der Waals surface area contributed by atoms with Crippen molar-refractivity contribution in [2.45, 2.75) is 26.2 Å². The number of hydrogen-bond acceptors (Lipinski definition) is 4. The van der Waals surface area contributed by atoms with Crippen LogP contribution in [0.4, 0.5) is 0 Å². The number of nitrogens with zero attached hydrogens (tertiary/aromatic N) is 2. The fourth-order valence-corrected chi connectivity index (χ4v) is 2.28. The lowest BCUT2D eigenvalue weighted by Gasteiger charge is -2.09. The Labute approximate surface area is 134 Å². The van der Waals surface area contributed by atoms with Crippen molar-refractivity contribution >= 4 is 0 Å². The van der Waals surface area contributed by atoms with Gasteiger partial charge >= 0.3 is 0 Å². The van der Waals surface area contributed by atoms with Crippen molar-refractivity contribution in [3.8, 4) is 29.0 Å². The van der Waals surface area contributed by atoms with Gasteiger partial charge in [0.05, 0.1) is 12.7 Å². The molecule has 1 aromatic heterocycles. The van der Waals surface area contributed by atoms with E-state index in [1.165, 1.54) is 0 Å². The van der Waals surface area contributed by atoms with Gasteiger partial charge in [-0.15, -0.1) is 0 Å². The molecule has 0 aliphatic carbocycles. The van der Waals surface area contributed by atoms with Gasteiger partial charge in [0.1, 0.15) is 17.4 Å². The topological polar surface area (TPSA) is 89.7 Å². The Morgan fingerprint density at radius 3 is 2.78 bits per heavy atom. The average Bonchev–Trinajstić information content (AvgIpc) is 2.54. The molecule has 0 aliphatic rings. The van der Waals surface area contributed by atoms with Gasteiger partial charge in [0.15, 0.2) is 0 Å². The second-order valence-electron chi connectivity index (χ2n) is 5.17. The SMILES string of the molecule is Cc1cc(-c2cccc(OCCCCC#N)c2)c(C#N)c(=O)[nH]1. The molecule has 5 nitrogen and oxygen atoms in total. The number of nitriles is 2. The quantitative estimate of drug-likeness (QED) is 0.829. The third kappa shape index (κ3) is 4.21. The van der Waals surface area contributed by atoms with Gasteiger partial charge in [0.2, 0.25) is 0 Å². The Morgan fingerprint density at radius 2 is 2.04 bits per heavy atom. The number of benzene rings is 1. The Kier molecular flexibility index (Phi) is 5.55. The molecule has 0 aliphatic heterocycles. The van der Waals surface area contributed by atoms with Crippen LogP contribution in [0.1, 0.15) is 30.5 Å². The van der Waals surface area contributed by atoms with Crippen LogP contribution in [0.5, 0.6) is 5.75 Å². The number of rotatable bonds is 6. The lowest BCUT2D eigenvalue weighted by molar-refractivity contribution is 0.307. The van der Waals surface area contributed by atoms with Gasteiger partial charge in [-0.2, -0.15) is 10.5 Å². The van der Waals surface area contributed by atoms with E-state index in [1.807, 2.05) is 30.3 Å². The molecule has 0 radical (unpaired) electrons. The van der Waals surface area contributed by atoms with Crippen LogP contribution in [0.2, 0.25) is 0 Å². The average molecular weight is 307 g/mol. The van der Waals surface area contributed by atoms with Crippen molar-refractivity contribution < 1.29 is 4.74 Å². The molecule has 116 valence electrons. The first-order chi connectivity index (χ1) is 11.2. The van der Waals surface area contributed by atoms with Crippen LogP contribution in [0.25, 0.3) is 11.1 Å². The summed E-state index contributed by atoms with van der Waals surface area (Å²) in [6, 6.07) is 13.2. The molecule has 2 aromatic rings. The highest BCUT2D eigenvalue weighted by Crippen LogP contribution is 2.25. The van der Waals surface area contributed by atoms with E-state index in [-0.39, 0.29) is 11.1 Å². The van der Waals surface area contributed by atoms with Gasteiger partial charge in [-0.3, -0.25) is 4.79 Å². The summed E-state index contributed by atoms with van der Waals surface area (Å²) in [4.78, 5) is 14.5. The molecule has 1 heterocycles. The van der Waals surface area contributed by atoms with Crippen molar-refractivity contribution in [1.29, 1.82) is 10.5 Å². The second-order valence-corrected chi connectivity index (χ2v) is 5.17. The molecule has 0 amide bonds. The standard InChI is InChI=1S/C18H17N3O2/c1-13-10-16(17(12-20)18(22)21-13)14-6-5-7-15(11-14)23-9-4-2-3-8-19/h5-7,10-11H,2-4,9H2,1H3,(H,21,22). The first-order valence-electron chi connectivity index (χ1n) is 7.40. The van der Waals surface area contributed by atoms with Gasteiger partial charge in [-0.1, -0.05) is 12.1 Å². The first-order valence-corrected chi connectivity index (χ1v) is 7.40. The molecule has 2 rings (SSSR count). The summed E-state index contributed by atoms with van der Waals surface area (Å²) in [6.45, 7) is 2.31. The van der Waals surface area contributed by atoms with Gasteiger partial charge in [0.25, 0.3) is 5.56 Å². The van der Waals surface area contributed by atoms with Crippen molar-refractivity contribution in [3.63, 3.8) is 0 Å². The Morgan fingerprint density at radius 1 is 1.22 bits per heavy atom. The largest absolute Gasteiger partial charge is 0.494 e. The van der Waals surface area contributed by atoms with E-state index in [1.54, 1.807) is 13.0 Å². The molecule has 0 spiro atoms. The number of hydrogen-bond donors (Lipinski definition) is 1. The Hall–Kier alpha value is -3.05. The normalized spacial score (nSPS) is 9.87. The summed E-state index contributed by atoms with van der Waals surface area (Å²) >= 11 is 0. The zero-order valence-electron chi connectivity index (χ0n) is 12.9. The maximum Gasteiger partial charge on any atom is 0.266 e. The van der Waals surface area contributed by atoms with E-state index in [4.69, 9.17) is 10.00 Å². The lowest BCUT2D eigenvalue weighted by Crippen LogP contribution is -2.12. The van der Waals surface area contributed by atoms with Crippen LogP contribution in [-0.4, -0.2) is 11.6 Å². The maximum atomic E-state index is 11.9. The molecule has 0 saturated heterocycles. The van der Waals surface area contributed by atoms with Crippen LogP contribution in [0.3, 0.4) is 0 Å². The fraction of sp³-hybridized carbons (Fsp3) is 0.278. The summed E-state index contributed by atoms with van der Waals surface area (Å²) in [5.74, 6) is 0.682. The second kappa shape index (κ2) is 7.82. The number of H-pyrrole nitrogens is 1. The minimum atomic E-state index is -0.384. The van der Waals surface area contributed by atoms with Crippen molar-refractivity contribution in [2.75, 3.05) is 6.61 Å². The summed E-state index contributed by atoms with van der Waals surface area (Å²) < 4.78 is 5.67. The monoisotopic (exact) mass is 307 g/mol. The van der Waals surface area contributed by atoms with Gasteiger partial charge in [0, 0.05) is 17.7 Å². The molecule has 5 heteroatoms. The minimum Gasteiger partial charge on any atom is -0.494 e. The van der Waals surface area contributed by atoms with Crippen molar-refractivity contribution in [1.82, 2.24) is 4.98 Å². The first kappa shape index (κ1) is 16.3. The van der Waals surface area contributed by atoms with E-state index in [9.17, 15) is 10.1 Å². The molecule has 1 aromatic carbocycles. The summed E-state index contributed by atoms with van der Waals surface area (Å²) in [7, 11) is 0. The van der Waals surface area contributed by atoms with E-state index in [0.29, 0.717) is 30.0 Å². The smallest absolute Gasteiger partial charge is 0.266 e. The highest BCUT2D eigenvalue weighted by molar-refractivity contribution is 5.71. The lowest BCUT2D eigenvalue weighted by atomic mass is 10.0. The van der Waals surface area contributed by atoms with E-state index < -0.39 is 0 Å². The molecule has 1 N–H and O–H groups in total. The number of aryl methyl sites for hydroxylation is 1. The fourth-order valence-electron chi connectivity index (χ4n) is 2.28. The summed E-state index contributed by atoms with van der Waals surface area (Å²) in [6.07, 6.45) is 2.15. The maximum absolute atomic E-state index is 11.9. The molecule has 0 atom stereocenters. The zero-order valence-corrected chi connectivity index (χ0v) is 12.9. The predicted octanol–water partition coefficient (Wildman–Crippen LogP) is 3.29. The number of unbranched alkanes of at least 4 members (excludes halogenated alkanes) is 2. The predicted molar refractivity (Wildman–Crippen MR) is 86.9 cm³/mol. The van der Waals surface area contributed by atoms with Crippen LogP contribution in [0, 0.1) is 29.6 Å². The van der Waals surface area contributed by atoms with E-state index in [2.05, 4.69) is 11.1 Å². The molecular weight excluding hydrogens is 290 g/mol. The van der Waals surface area contributed by atoms with Gasteiger partial charge < -0.3 is 9.72 Å². The third-order valence-corrected chi connectivity index (χ3v) is 3.38. The Bertz CT molecular complexity index is 825. The number of nitrogens with one attached hydrogen (secondary N) is 1. The van der Waals surface area contributed by atoms with Crippen LogP contribution < -0.4 is 10.3 Å². The van der Waals surface area contributed by atoms with E-state index in [0.717, 1.165) is 18.4 Å². The molecule has 0 saturated carbocycles. The van der Waals surface area contributed by atoms with Crippen LogP contribution in [-0.2, 0) is 0 Å².